The molecule has 0 radical (unpaired) electrons. The molecule has 0 fully saturated rings. The summed E-state index contributed by atoms with van der Waals surface area (Å²) in [7, 11) is 0. The van der Waals surface area contributed by atoms with Crippen LogP contribution in [0.1, 0.15) is 31.8 Å². The second-order valence-corrected chi connectivity index (χ2v) is 7.04. The molecule has 2 heterocycles. The number of benzene rings is 2. The number of carbonyl (C=O) groups excluding carboxylic acids is 2. The third-order valence-electron chi connectivity index (χ3n) is 4.77. The first-order chi connectivity index (χ1) is 14.7. The Hall–Kier alpha value is -2.65. The van der Waals surface area contributed by atoms with Crippen LogP contribution in [0.25, 0.3) is 16.6 Å². The van der Waals surface area contributed by atoms with Crippen molar-refractivity contribution in [3.05, 3.63) is 94.4 Å². The van der Waals surface area contributed by atoms with Gasteiger partial charge >= 0.3 is 35.7 Å². The third-order valence-corrected chi connectivity index (χ3v) is 5.06. The molecule has 0 atom stereocenters. The summed E-state index contributed by atoms with van der Waals surface area (Å²) in [6.45, 7) is 0. The first-order valence-corrected chi connectivity index (χ1v) is 9.23. The zero-order valence-electron chi connectivity index (χ0n) is 16.5. The second-order valence-electron chi connectivity index (χ2n) is 6.64. The monoisotopic (exact) mass is 466 g/mol. The van der Waals surface area contributed by atoms with Crippen molar-refractivity contribution in [3.8, 4) is 5.69 Å². The van der Waals surface area contributed by atoms with E-state index in [4.69, 9.17) is 11.6 Å². The maximum Gasteiger partial charge on any atom is 1.00 e. The van der Waals surface area contributed by atoms with Crippen LogP contribution in [-0.4, -0.2) is 21.3 Å². The van der Waals surface area contributed by atoms with Gasteiger partial charge < -0.3 is 14.5 Å². The predicted octanol–water partition coefficient (Wildman–Crippen LogP) is 1.30. The summed E-state index contributed by atoms with van der Waals surface area (Å²) >= 11 is 5.95. The number of nitrogens with zero attached hydrogens (tertiary/aromatic N) is 2. The van der Waals surface area contributed by atoms with E-state index in [9.17, 15) is 27.9 Å². The van der Waals surface area contributed by atoms with Crippen LogP contribution in [-0.2, 0) is 6.18 Å². The number of ketones is 1. The number of pyridine rings is 1. The molecule has 5 nitrogen and oxygen atoms in total. The number of carboxylic acids is 1. The van der Waals surface area contributed by atoms with Crippen molar-refractivity contribution in [2.75, 3.05) is 0 Å². The number of fused-ring (bicyclic) bond motifs is 1. The molecule has 0 aliphatic carbocycles. The number of alkyl halides is 3. The summed E-state index contributed by atoms with van der Waals surface area (Å²) in [5.41, 5.74) is -0.865. The molecule has 10 heteroatoms. The van der Waals surface area contributed by atoms with E-state index >= 15 is 0 Å². The normalized spacial score (nSPS) is 11.2. The van der Waals surface area contributed by atoms with E-state index in [1.807, 2.05) is 0 Å². The first-order valence-electron chi connectivity index (χ1n) is 8.85. The summed E-state index contributed by atoms with van der Waals surface area (Å²) < 4.78 is 42.0. The second kappa shape index (κ2) is 9.07. The fourth-order valence-corrected chi connectivity index (χ4v) is 3.59. The molecule has 0 spiro atoms. The molecule has 0 bridgehead atoms. The minimum absolute atomic E-state index is 0. The van der Waals surface area contributed by atoms with Gasteiger partial charge in [-0.1, -0.05) is 41.9 Å². The van der Waals surface area contributed by atoms with Gasteiger partial charge in [0, 0.05) is 35.2 Å². The van der Waals surface area contributed by atoms with Gasteiger partial charge in [0.15, 0.2) is 5.78 Å². The van der Waals surface area contributed by atoms with Crippen molar-refractivity contribution in [1.82, 2.24) is 9.55 Å². The summed E-state index contributed by atoms with van der Waals surface area (Å²) in [6.07, 6.45) is -1.86. The molecule has 0 saturated carbocycles. The molecule has 2 aromatic carbocycles. The van der Waals surface area contributed by atoms with E-state index in [0.717, 1.165) is 6.20 Å². The fourth-order valence-electron chi connectivity index (χ4n) is 3.35. The molecule has 2 aromatic heterocycles. The largest absolute Gasteiger partial charge is 1.00 e. The standard InChI is InChI=1S/C22H12ClF3N2O3.Na/c23-17-10-27-9-16(22(24,25)26)19(17)20(29)15-11-28(18-4-2-1-3-14(15)18)13-7-5-12(6-8-13)21(30)31;/h1-11H,(H,30,31);/q;+1/p-1. The van der Waals surface area contributed by atoms with Gasteiger partial charge in [0.25, 0.3) is 0 Å². The van der Waals surface area contributed by atoms with Crippen LogP contribution in [0, 0.1) is 0 Å². The van der Waals surface area contributed by atoms with E-state index in [1.165, 1.54) is 30.5 Å². The Morgan fingerprint density at radius 3 is 2.28 bits per heavy atom. The van der Waals surface area contributed by atoms with Gasteiger partial charge in [0.1, 0.15) is 0 Å². The average Bonchev–Trinajstić information content (AvgIpc) is 3.12. The van der Waals surface area contributed by atoms with E-state index in [0.29, 0.717) is 22.8 Å². The van der Waals surface area contributed by atoms with E-state index < -0.39 is 34.1 Å². The number of carboxylic acid groups (broad SMARTS) is 1. The van der Waals surface area contributed by atoms with Crippen LogP contribution in [0.3, 0.4) is 0 Å². The van der Waals surface area contributed by atoms with Crippen LogP contribution >= 0.6 is 11.6 Å². The number of hydrogen-bond acceptors (Lipinski definition) is 4. The first kappa shape index (κ1) is 24.0. The number of aromatic nitrogens is 2. The van der Waals surface area contributed by atoms with Crippen molar-refractivity contribution < 1.29 is 57.4 Å². The Bertz CT molecular complexity index is 1330. The zero-order valence-corrected chi connectivity index (χ0v) is 19.2. The Balaban J connectivity index is 0.00000289. The Labute approximate surface area is 206 Å². The van der Waals surface area contributed by atoms with Crippen LogP contribution in [0.2, 0.25) is 5.02 Å². The van der Waals surface area contributed by atoms with Crippen LogP contribution in [0.5, 0.6) is 0 Å². The van der Waals surface area contributed by atoms with Crippen molar-refractivity contribution in [3.63, 3.8) is 0 Å². The quantitative estimate of drug-likeness (QED) is 0.336. The summed E-state index contributed by atoms with van der Waals surface area (Å²) in [5.74, 6) is -2.24. The van der Waals surface area contributed by atoms with E-state index in [2.05, 4.69) is 4.98 Å². The third kappa shape index (κ3) is 4.31. The molecule has 0 unspecified atom stereocenters. The van der Waals surface area contributed by atoms with Crippen molar-refractivity contribution in [2.45, 2.75) is 6.18 Å². The summed E-state index contributed by atoms with van der Waals surface area (Å²) in [4.78, 5) is 27.7. The van der Waals surface area contributed by atoms with E-state index in [1.54, 1.807) is 28.8 Å². The summed E-state index contributed by atoms with van der Waals surface area (Å²) in [5, 5.41) is 11.0. The van der Waals surface area contributed by atoms with Gasteiger partial charge in [-0.2, -0.15) is 13.2 Å². The van der Waals surface area contributed by atoms with Crippen molar-refractivity contribution in [1.29, 1.82) is 0 Å². The number of rotatable bonds is 4. The topological polar surface area (TPSA) is 75.0 Å². The van der Waals surface area contributed by atoms with Crippen molar-refractivity contribution >= 4 is 34.3 Å². The minimum Gasteiger partial charge on any atom is -0.545 e. The van der Waals surface area contributed by atoms with Gasteiger partial charge in [-0.3, -0.25) is 9.78 Å². The molecule has 0 amide bonds. The molecular formula is C22H11ClF3N2NaO3. The fraction of sp³-hybridized carbons (Fsp3) is 0.0455. The number of aromatic carboxylic acids is 1. The predicted molar refractivity (Wildman–Crippen MR) is 105 cm³/mol. The SMILES string of the molecule is O=C([O-])c1ccc(-n2cc(C(=O)c3c(Cl)cncc3C(F)(F)F)c3ccccc32)cc1.[Na+]. The van der Waals surface area contributed by atoms with Gasteiger partial charge in [-0.25, -0.2) is 0 Å². The van der Waals surface area contributed by atoms with Crippen LogP contribution in [0.15, 0.2) is 67.1 Å². The van der Waals surface area contributed by atoms with Crippen LogP contribution < -0.4 is 34.7 Å². The number of halogens is 4. The molecule has 156 valence electrons. The Kier molecular flexibility index (Phi) is 6.80. The molecule has 0 saturated heterocycles. The number of carbonyl (C=O) groups is 2. The Morgan fingerprint density at radius 2 is 1.66 bits per heavy atom. The zero-order chi connectivity index (χ0) is 22.3. The van der Waals surface area contributed by atoms with Gasteiger partial charge in [0.2, 0.25) is 0 Å². The molecule has 0 aliphatic rings. The summed E-state index contributed by atoms with van der Waals surface area (Å²) in [6, 6.07) is 12.4. The molecular weight excluding hydrogens is 456 g/mol. The molecule has 0 N–H and O–H groups in total. The smallest absolute Gasteiger partial charge is 0.545 e. The van der Waals surface area contributed by atoms with Gasteiger partial charge in [0.05, 0.1) is 27.6 Å². The van der Waals surface area contributed by atoms with Crippen LogP contribution in [0.4, 0.5) is 13.2 Å². The molecule has 4 aromatic rings. The van der Waals surface area contributed by atoms with E-state index in [-0.39, 0.29) is 40.7 Å². The van der Waals surface area contributed by atoms with Gasteiger partial charge in [-0.15, -0.1) is 0 Å². The maximum absolute atomic E-state index is 13.5. The van der Waals surface area contributed by atoms with Gasteiger partial charge in [-0.05, 0) is 23.8 Å². The average molecular weight is 467 g/mol. The number of para-hydroxylation sites is 1. The maximum atomic E-state index is 13.5. The minimum atomic E-state index is -4.82. The Morgan fingerprint density at radius 1 is 1.00 bits per heavy atom. The number of hydrogen-bond donors (Lipinski definition) is 0. The van der Waals surface area contributed by atoms with Crippen molar-refractivity contribution in [2.24, 2.45) is 0 Å². The molecule has 32 heavy (non-hydrogen) atoms. The molecule has 0 aliphatic heterocycles. The molecule has 4 rings (SSSR count).